The van der Waals surface area contributed by atoms with Crippen LogP contribution in [0.25, 0.3) is 0 Å². The highest BCUT2D eigenvalue weighted by atomic mass is 16.6. The molecule has 0 radical (unpaired) electrons. The molecule has 6 N–H and O–H groups in total. The Kier molecular flexibility index (Phi) is 13.7. The van der Waals surface area contributed by atoms with Gasteiger partial charge in [-0.1, -0.05) is 18.2 Å². The van der Waals surface area contributed by atoms with E-state index in [0.29, 0.717) is 56.1 Å². The topological polar surface area (TPSA) is 185 Å². The summed E-state index contributed by atoms with van der Waals surface area (Å²) in [5.41, 5.74) is 13.0. The van der Waals surface area contributed by atoms with Crippen LogP contribution in [0, 0.1) is 6.92 Å². The number of rotatable bonds is 16. The first-order valence-corrected chi connectivity index (χ1v) is 16.0. The van der Waals surface area contributed by atoms with Crippen molar-refractivity contribution >= 4 is 35.2 Å². The summed E-state index contributed by atoms with van der Waals surface area (Å²) in [7, 11) is 2.99. The first-order chi connectivity index (χ1) is 23.2. The zero-order valence-corrected chi connectivity index (χ0v) is 29.0. The maximum absolute atomic E-state index is 13.8. The van der Waals surface area contributed by atoms with Crippen LogP contribution in [0.4, 0.5) is 21.0 Å². The molecular formula is C36H47N5O8. The van der Waals surface area contributed by atoms with Crippen LogP contribution in [0.1, 0.15) is 71.9 Å². The highest BCUT2D eigenvalue weighted by molar-refractivity contribution is 6.16. The molecule has 0 fully saturated rings. The lowest BCUT2D eigenvalue weighted by molar-refractivity contribution is 0.0525. The molecule has 3 aromatic carbocycles. The molecule has 0 aliphatic heterocycles. The number of ether oxygens (including phenoxy) is 4. The number of hydrogen-bond donors (Lipinski definition) is 4. The minimum absolute atomic E-state index is 0.00773. The number of urea groups is 1. The van der Waals surface area contributed by atoms with Gasteiger partial charge in [-0.3, -0.25) is 9.59 Å². The summed E-state index contributed by atoms with van der Waals surface area (Å²) in [6, 6.07) is 14.7. The Labute approximate surface area is 287 Å². The average Bonchev–Trinajstić information content (AvgIpc) is 3.04. The minimum Gasteiger partial charge on any atom is -0.494 e. The first kappa shape index (κ1) is 38.0. The number of amides is 4. The summed E-state index contributed by atoms with van der Waals surface area (Å²) < 4.78 is 22.7. The van der Waals surface area contributed by atoms with E-state index in [9.17, 15) is 19.2 Å². The predicted octanol–water partition coefficient (Wildman–Crippen LogP) is 5.21. The van der Waals surface area contributed by atoms with Crippen LogP contribution < -0.4 is 41.2 Å². The second kappa shape index (κ2) is 17.6. The smallest absolute Gasteiger partial charge is 0.407 e. The summed E-state index contributed by atoms with van der Waals surface area (Å²) in [5, 5.41) is 5.22. The minimum atomic E-state index is -0.598. The average molecular weight is 678 g/mol. The third kappa shape index (κ3) is 11.1. The Balaban J connectivity index is 1.74. The van der Waals surface area contributed by atoms with Crippen LogP contribution in [0.5, 0.6) is 17.2 Å². The number of alkyl carbamates (subject to hydrolysis) is 1. The Morgan fingerprint density at radius 3 is 2.16 bits per heavy atom. The van der Waals surface area contributed by atoms with Crippen LogP contribution in [0.2, 0.25) is 0 Å². The molecule has 0 aromatic heterocycles. The summed E-state index contributed by atoms with van der Waals surface area (Å²) in [6.45, 7) is 8.63. The van der Waals surface area contributed by atoms with E-state index < -0.39 is 29.4 Å². The van der Waals surface area contributed by atoms with Crippen molar-refractivity contribution in [2.24, 2.45) is 5.73 Å². The van der Waals surface area contributed by atoms with E-state index in [1.807, 2.05) is 19.1 Å². The SMILES string of the molecule is COc1c(C(=O)c2ccccc2OCCCNC(=O)OC(C)(C)C)ccc(C(=O)N(C)c2ccc(C)cc2OCCCCNC(N)=O)c1N. The van der Waals surface area contributed by atoms with E-state index in [2.05, 4.69) is 10.6 Å². The maximum atomic E-state index is 13.8. The van der Waals surface area contributed by atoms with Gasteiger partial charge in [-0.15, -0.1) is 0 Å². The van der Waals surface area contributed by atoms with Crippen molar-refractivity contribution < 1.29 is 38.1 Å². The lowest BCUT2D eigenvalue weighted by Gasteiger charge is -2.23. The number of nitrogen functional groups attached to an aromatic ring is 1. The fourth-order valence-corrected chi connectivity index (χ4v) is 4.79. The van der Waals surface area contributed by atoms with Crippen molar-refractivity contribution in [3.63, 3.8) is 0 Å². The van der Waals surface area contributed by atoms with E-state index in [1.54, 1.807) is 58.2 Å². The molecule has 49 heavy (non-hydrogen) atoms. The zero-order valence-electron chi connectivity index (χ0n) is 29.0. The zero-order chi connectivity index (χ0) is 36.1. The molecule has 13 heteroatoms. The number of methoxy groups -OCH3 is 1. The number of ketones is 1. The van der Waals surface area contributed by atoms with E-state index in [-0.39, 0.29) is 34.7 Å². The van der Waals surface area contributed by atoms with Crippen LogP contribution in [0.3, 0.4) is 0 Å². The standard InChI is InChI=1S/C36H47N5O8/c1-23-14-17-27(29(22-23)48-20-10-9-18-39-34(38)44)41(5)33(43)25-15-16-26(32(46-6)30(25)37)31(42)24-12-7-8-13-28(24)47-21-11-19-40-35(45)49-36(2,3)4/h7-8,12-17,22H,9-11,18-21,37H2,1-6H3,(H,40,45)(H3,38,39,44). The van der Waals surface area contributed by atoms with Gasteiger partial charge in [0.1, 0.15) is 17.1 Å². The number of carbonyl (C=O) groups is 4. The van der Waals surface area contributed by atoms with Gasteiger partial charge in [0.05, 0.1) is 48.4 Å². The van der Waals surface area contributed by atoms with E-state index in [0.717, 1.165) is 5.56 Å². The van der Waals surface area contributed by atoms with E-state index >= 15 is 0 Å². The van der Waals surface area contributed by atoms with Crippen LogP contribution in [0.15, 0.2) is 54.6 Å². The monoisotopic (exact) mass is 677 g/mol. The van der Waals surface area contributed by atoms with Crippen molar-refractivity contribution in [2.75, 3.05) is 51.1 Å². The van der Waals surface area contributed by atoms with E-state index in [4.69, 9.17) is 30.4 Å². The molecule has 0 aliphatic rings. The number of anilines is 2. The number of nitrogens with one attached hydrogen (secondary N) is 2. The van der Waals surface area contributed by atoms with Gasteiger partial charge in [-0.05, 0) is 88.9 Å². The molecule has 0 bridgehead atoms. The number of hydrogen-bond acceptors (Lipinski definition) is 9. The lowest BCUT2D eigenvalue weighted by Crippen LogP contribution is -2.33. The Morgan fingerprint density at radius 2 is 1.47 bits per heavy atom. The van der Waals surface area contributed by atoms with Gasteiger partial charge in [0, 0.05) is 20.1 Å². The summed E-state index contributed by atoms with van der Waals surface area (Å²) in [4.78, 5) is 51.8. The maximum Gasteiger partial charge on any atom is 0.407 e. The predicted molar refractivity (Wildman–Crippen MR) is 188 cm³/mol. The van der Waals surface area contributed by atoms with Crippen LogP contribution >= 0.6 is 0 Å². The van der Waals surface area contributed by atoms with Gasteiger partial charge < -0.3 is 45.9 Å². The fourth-order valence-electron chi connectivity index (χ4n) is 4.79. The van der Waals surface area contributed by atoms with Crippen LogP contribution in [-0.2, 0) is 4.74 Å². The Hall–Kier alpha value is -5.46. The highest BCUT2D eigenvalue weighted by Crippen LogP contribution is 2.36. The molecule has 0 saturated carbocycles. The van der Waals surface area contributed by atoms with Gasteiger partial charge in [0.25, 0.3) is 5.91 Å². The second-order valence-corrected chi connectivity index (χ2v) is 12.2. The second-order valence-electron chi connectivity index (χ2n) is 12.2. The molecule has 0 spiro atoms. The first-order valence-electron chi connectivity index (χ1n) is 16.0. The number of nitrogens with zero attached hydrogens (tertiary/aromatic N) is 1. The molecule has 3 rings (SSSR count). The van der Waals surface area contributed by atoms with Gasteiger partial charge in [0.15, 0.2) is 5.75 Å². The lowest BCUT2D eigenvalue weighted by atomic mass is 9.98. The van der Waals surface area contributed by atoms with Gasteiger partial charge in [-0.2, -0.15) is 0 Å². The fraction of sp³-hybridized carbons (Fsp3) is 0.389. The molecule has 0 saturated heterocycles. The van der Waals surface area contributed by atoms with Crippen molar-refractivity contribution in [3.8, 4) is 17.2 Å². The Bertz CT molecular complexity index is 1640. The molecule has 0 unspecified atom stereocenters. The normalized spacial score (nSPS) is 10.9. The molecule has 4 amide bonds. The highest BCUT2D eigenvalue weighted by Gasteiger charge is 2.26. The molecule has 0 heterocycles. The molecule has 264 valence electrons. The Morgan fingerprint density at radius 1 is 0.816 bits per heavy atom. The van der Waals surface area contributed by atoms with Crippen molar-refractivity contribution in [3.05, 3.63) is 76.9 Å². The molecule has 3 aromatic rings. The van der Waals surface area contributed by atoms with Gasteiger partial charge in [-0.25, -0.2) is 9.59 Å². The summed E-state index contributed by atoms with van der Waals surface area (Å²) in [6.07, 6.45) is 1.29. The van der Waals surface area contributed by atoms with E-state index in [1.165, 1.54) is 24.1 Å². The molecule has 0 atom stereocenters. The summed E-state index contributed by atoms with van der Waals surface area (Å²) >= 11 is 0. The largest absolute Gasteiger partial charge is 0.494 e. The number of unbranched alkanes of at least 4 members (excludes halogenated alkanes) is 1. The quantitative estimate of drug-likeness (QED) is 0.0897. The third-order valence-corrected chi connectivity index (χ3v) is 7.16. The number of benzene rings is 3. The third-order valence-electron chi connectivity index (χ3n) is 7.16. The molecule has 0 aliphatic carbocycles. The summed E-state index contributed by atoms with van der Waals surface area (Å²) in [5.74, 6) is 0.0802. The number of aryl methyl sites for hydroxylation is 1. The molecular weight excluding hydrogens is 630 g/mol. The number of primary amides is 1. The van der Waals surface area contributed by atoms with Crippen molar-refractivity contribution in [2.45, 2.75) is 52.6 Å². The van der Waals surface area contributed by atoms with Gasteiger partial charge >= 0.3 is 12.1 Å². The molecule has 13 nitrogen and oxygen atoms in total. The van der Waals surface area contributed by atoms with Crippen molar-refractivity contribution in [1.29, 1.82) is 0 Å². The van der Waals surface area contributed by atoms with Gasteiger partial charge in [0.2, 0.25) is 5.78 Å². The van der Waals surface area contributed by atoms with Crippen molar-refractivity contribution in [1.82, 2.24) is 10.6 Å². The number of nitrogens with two attached hydrogens (primary N) is 2. The number of para-hydroxylation sites is 1. The number of carbonyl (C=O) groups excluding carboxylic acids is 4. The van der Waals surface area contributed by atoms with Crippen LogP contribution in [-0.4, -0.2) is 69.9 Å².